The fraction of sp³-hybridized carbons (Fsp3) is 0.429. The number of aromatic nitrogens is 2. The third-order valence-electron chi connectivity index (χ3n) is 3.64. The number of hydrazone groups is 1. The molecule has 9 heteroatoms. The minimum atomic E-state index is -0.321. The van der Waals surface area contributed by atoms with Gasteiger partial charge in [-0.15, -0.1) is 11.3 Å². The summed E-state index contributed by atoms with van der Waals surface area (Å²) in [5.41, 5.74) is 3.04. The zero-order chi connectivity index (χ0) is 16.2. The predicted octanol–water partition coefficient (Wildman–Crippen LogP) is 1.90. The average molecular weight is 354 g/mol. The van der Waals surface area contributed by atoms with Crippen molar-refractivity contribution in [2.75, 3.05) is 13.1 Å². The van der Waals surface area contributed by atoms with E-state index in [2.05, 4.69) is 15.5 Å². The van der Waals surface area contributed by atoms with Gasteiger partial charge in [-0.25, -0.2) is 10.4 Å². The first-order chi connectivity index (χ1) is 11.1. The summed E-state index contributed by atoms with van der Waals surface area (Å²) in [6.45, 7) is 0.657. The second kappa shape index (κ2) is 7.10. The Kier molecular flexibility index (Phi) is 4.92. The third-order valence-corrected chi connectivity index (χ3v) is 4.67. The summed E-state index contributed by atoms with van der Waals surface area (Å²) in [5, 5.41) is 6.13. The van der Waals surface area contributed by atoms with Crippen LogP contribution in [0.25, 0.3) is 4.96 Å². The van der Waals surface area contributed by atoms with Crippen molar-refractivity contribution in [3.05, 3.63) is 22.4 Å². The lowest BCUT2D eigenvalue weighted by molar-refractivity contribution is -0.135. The maximum Gasteiger partial charge on any atom is 0.259 e. The summed E-state index contributed by atoms with van der Waals surface area (Å²) in [6.07, 6.45) is 6.65. The first-order valence-electron chi connectivity index (χ1n) is 7.36. The fourth-order valence-corrected chi connectivity index (χ4v) is 3.46. The molecule has 1 fully saturated rings. The summed E-state index contributed by atoms with van der Waals surface area (Å²) in [7, 11) is 0. The molecular formula is C14H16ClN5O2S. The van der Waals surface area contributed by atoms with E-state index < -0.39 is 0 Å². The predicted molar refractivity (Wildman–Crippen MR) is 88.9 cm³/mol. The molecule has 0 radical (unpaired) electrons. The molecule has 0 spiro atoms. The SMILES string of the molecule is O=C(CN1CCCCCC1=O)N/N=C\c1c(Cl)nc2sccn12. The molecule has 3 heterocycles. The molecule has 2 aromatic rings. The van der Waals surface area contributed by atoms with E-state index in [-0.39, 0.29) is 18.4 Å². The quantitative estimate of drug-likeness (QED) is 0.673. The molecule has 0 bridgehead atoms. The van der Waals surface area contributed by atoms with Crippen LogP contribution in [0.4, 0.5) is 0 Å². The summed E-state index contributed by atoms with van der Waals surface area (Å²) in [5.74, 6) is -0.292. The molecule has 1 aliphatic rings. The van der Waals surface area contributed by atoms with Crippen molar-refractivity contribution in [2.24, 2.45) is 5.10 Å². The van der Waals surface area contributed by atoms with Crippen LogP contribution < -0.4 is 5.43 Å². The Balaban J connectivity index is 1.59. The average Bonchev–Trinajstić information content (AvgIpc) is 3.01. The molecule has 23 heavy (non-hydrogen) atoms. The molecule has 0 atom stereocenters. The number of hydrogen-bond acceptors (Lipinski definition) is 5. The number of hydrogen-bond donors (Lipinski definition) is 1. The van der Waals surface area contributed by atoms with E-state index in [0.717, 1.165) is 24.2 Å². The molecular weight excluding hydrogens is 338 g/mol. The van der Waals surface area contributed by atoms with Crippen molar-refractivity contribution in [3.63, 3.8) is 0 Å². The number of nitrogens with zero attached hydrogens (tertiary/aromatic N) is 4. The molecule has 0 saturated carbocycles. The van der Waals surface area contributed by atoms with Gasteiger partial charge in [0.05, 0.1) is 6.21 Å². The van der Waals surface area contributed by atoms with Crippen LogP contribution in [0.5, 0.6) is 0 Å². The lowest BCUT2D eigenvalue weighted by Crippen LogP contribution is -2.39. The van der Waals surface area contributed by atoms with Gasteiger partial charge in [0.2, 0.25) is 5.91 Å². The summed E-state index contributed by atoms with van der Waals surface area (Å²) < 4.78 is 1.79. The Bertz CT molecular complexity index is 754. The van der Waals surface area contributed by atoms with Crippen LogP contribution >= 0.6 is 22.9 Å². The Morgan fingerprint density at radius 3 is 3.22 bits per heavy atom. The minimum absolute atomic E-state index is 0.0282. The fourth-order valence-electron chi connectivity index (χ4n) is 2.47. The first kappa shape index (κ1) is 15.9. The van der Waals surface area contributed by atoms with Gasteiger partial charge in [0.15, 0.2) is 10.1 Å². The summed E-state index contributed by atoms with van der Waals surface area (Å²) in [4.78, 5) is 30.3. The van der Waals surface area contributed by atoms with E-state index in [0.29, 0.717) is 23.8 Å². The Hall–Kier alpha value is -1.93. The number of carbonyl (C=O) groups excluding carboxylic acids is 2. The monoisotopic (exact) mass is 353 g/mol. The number of carbonyl (C=O) groups is 2. The molecule has 0 aromatic carbocycles. The van der Waals surface area contributed by atoms with Crippen molar-refractivity contribution in [2.45, 2.75) is 25.7 Å². The molecule has 0 aliphatic carbocycles. The van der Waals surface area contributed by atoms with Crippen LogP contribution in [-0.4, -0.2) is 45.4 Å². The van der Waals surface area contributed by atoms with Gasteiger partial charge in [-0.2, -0.15) is 5.10 Å². The smallest absolute Gasteiger partial charge is 0.259 e. The van der Waals surface area contributed by atoms with Gasteiger partial charge in [0.25, 0.3) is 5.91 Å². The van der Waals surface area contributed by atoms with Gasteiger partial charge in [-0.05, 0) is 12.8 Å². The highest BCUT2D eigenvalue weighted by Gasteiger charge is 2.18. The van der Waals surface area contributed by atoms with E-state index in [1.54, 1.807) is 9.30 Å². The maximum absolute atomic E-state index is 11.9. The normalized spacial score (nSPS) is 16.2. The van der Waals surface area contributed by atoms with Crippen molar-refractivity contribution < 1.29 is 9.59 Å². The van der Waals surface area contributed by atoms with Gasteiger partial charge < -0.3 is 4.90 Å². The zero-order valence-corrected chi connectivity index (χ0v) is 13.9. The van der Waals surface area contributed by atoms with E-state index in [1.165, 1.54) is 17.6 Å². The number of amides is 2. The van der Waals surface area contributed by atoms with Crippen LogP contribution in [0.2, 0.25) is 5.15 Å². The van der Waals surface area contributed by atoms with Crippen molar-refractivity contribution in [1.29, 1.82) is 0 Å². The lowest BCUT2D eigenvalue weighted by atomic mass is 10.2. The van der Waals surface area contributed by atoms with E-state index in [9.17, 15) is 9.59 Å². The number of halogens is 1. The van der Waals surface area contributed by atoms with Crippen LogP contribution in [0, 0.1) is 0 Å². The van der Waals surface area contributed by atoms with Gasteiger partial charge in [0.1, 0.15) is 12.2 Å². The number of imidazole rings is 1. The van der Waals surface area contributed by atoms with Gasteiger partial charge in [0, 0.05) is 24.5 Å². The van der Waals surface area contributed by atoms with Crippen LogP contribution in [0.3, 0.4) is 0 Å². The number of thiazole rings is 1. The summed E-state index contributed by atoms with van der Waals surface area (Å²) in [6, 6.07) is 0. The molecule has 122 valence electrons. The Morgan fingerprint density at radius 2 is 2.35 bits per heavy atom. The molecule has 2 amide bonds. The van der Waals surface area contributed by atoms with Crippen molar-refractivity contribution in [3.8, 4) is 0 Å². The van der Waals surface area contributed by atoms with Gasteiger partial charge >= 0.3 is 0 Å². The van der Waals surface area contributed by atoms with Gasteiger partial charge in [-0.3, -0.25) is 14.0 Å². The Morgan fingerprint density at radius 1 is 1.48 bits per heavy atom. The molecule has 1 N–H and O–H groups in total. The number of nitrogens with one attached hydrogen (secondary N) is 1. The van der Waals surface area contributed by atoms with E-state index in [4.69, 9.17) is 11.6 Å². The molecule has 2 aromatic heterocycles. The molecule has 1 aliphatic heterocycles. The first-order valence-corrected chi connectivity index (χ1v) is 8.61. The topological polar surface area (TPSA) is 79.1 Å². The van der Waals surface area contributed by atoms with Crippen molar-refractivity contribution >= 4 is 45.9 Å². The second-order valence-electron chi connectivity index (χ2n) is 5.26. The van der Waals surface area contributed by atoms with Crippen LogP contribution in [0.15, 0.2) is 16.7 Å². The lowest BCUT2D eigenvalue weighted by Gasteiger charge is -2.18. The largest absolute Gasteiger partial charge is 0.333 e. The zero-order valence-electron chi connectivity index (χ0n) is 12.4. The Labute approximate surface area is 141 Å². The van der Waals surface area contributed by atoms with E-state index >= 15 is 0 Å². The molecule has 0 unspecified atom stereocenters. The van der Waals surface area contributed by atoms with Crippen molar-refractivity contribution in [1.82, 2.24) is 19.7 Å². The number of fused-ring (bicyclic) bond motifs is 1. The summed E-state index contributed by atoms with van der Waals surface area (Å²) >= 11 is 7.50. The third kappa shape index (κ3) is 3.70. The highest BCUT2D eigenvalue weighted by molar-refractivity contribution is 7.15. The highest BCUT2D eigenvalue weighted by atomic mass is 35.5. The molecule has 1 saturated heterocycles. The standard InChI is InChI=1S/C14H16ClN5O2S/c15-13-10(20-6-7-23-14(20)17-13)8-16-18-11(21)9-19-5-3-1-2-4-12(19)22/h6-8H,1-5,9H2,(H,18,21)/b16-8-. The maximum atomic E-state index is 11.9. The van der Waals surface area contributed by atoms with E-state index in [1.807, 2.05) is 11.6 Å². The van der Waals surface area contributed by atoms with Crippen LogP contribution in [-0.2, 0) is 9.59 Å². The van der Waals surface area contributed by atoms with Gasteiger partial charge in [-0.1, -0.05) is 18.0 Å². The van der Waals surface area contributed by atoms with Crippen LogP contribution in [0.1, 0.15) is 31.4 Å². The molecule has 3 rings (SSSR count). The minimum Gasteiger partial charge on any atom is -0.333 e. The molecule has 7 nitrogen and oxygen atoms in total. The number of likely N-dealkylation sites (tertiary alicyclic amines) is 1. The highest BCUT2D eigenvalue weighted by Crippen LogP contribution is 2.19. The number of rotatable bonds is 4. The second-order valence-corrected chi connectivity index (χ2v) is 6.49.